The summed E-state index contributed by atoms with van der Waals surface area (Å²) >= 11 is 1.85. The van der Waals surface area contributed by atoms with Gasteiger partial charge in [-0.25, -0.2) is 0 Å². The van der Waals surface area contributed by atoms with E-state index >= 15 is 0 Å². The largest absolute Gasteiger partial charge is 0.344 e. The van der Waals surface area contributed by atoms with Crippen molar-refractivity contribution in [2.45, 2.75) is 25.3 Å². The summed E-state index contributed by atoms with van der Waals surface area (Å²) in [5.41, 5.74) is 10.9. The highest BCUT2D eigenvalue weighted by Gasteiger charge is 2.12. The second kappa shape index (κ2) is 6.82. The average Bonchev–Trinajstić information content (AvgIpc) is 2.46. The van der Waals surface area contributed by atoms with E-state index in [9.17, 15) is 0 Å². The van der Waals surface area contributed by atoms with Gasteiger partial charge in [-0.1, -0.05) is 25.1 Å². The van der Waals surface area contributed by atoms with Gasteiger partial charge < -0.3 is 10.6 Å². The number of nitrogens with zero attached hydrogens (tertiary/aromatic N) is 1. The Morgan fingerprint density at radius 2 is 1.90 bits per heavy atom. The minimum atomic E-state index is 0.564. The molecule has 0 amide bonds. The molecule has 106 valence electrons. The fourth-order valence-electron chi connectivity index (χ4n) is 2.34. The van der Waals surface area contributed by atoms with Crippen molar-refractivity contribution < 1.29 is 0 Å². The zero-order chi connectivity index (χ0) is 14.5. The van der Waals surface area contributed by atoms with E-state index in [2.05, 4.69) is 68.3 Å². The number of aryl methyl sites for hydroxylation is 1. The molecule has 20 heavy (non-hydrogen) atoms. The van der Waals surface area contributed by atoms with Gasteiger partial charge in [0.25, 0.3) is 0 Å². The van der Waals surface area contributed by atoms with E-state index < -0.39 is 0 Å². The number of thioether (sulfide) groups is 1. The van der Waals surface area contributed by atoms with Crippen molar-refractivity contribution in [2.24, 2.45) is 5.73 Å². The first-order valence-corrected chi connectivity index (χ1v) is 7.91. The van der Waals surface area contributed by atoms with Crippen molar-refractivity contribution >= 4 is 23.1 Å². The van der Waals surface area contributed by atoms with Crippen LogP contribution in [0.15, 0.2) is 47.4 Å². The number of hydrogen-bond acceptors (Lipinski definition) is 3. The first kappa shape index (κ1) is 14.9. The molecule has 0 fully saturated rings. The molecular weight excluding hydrogens is 264 g/mol. The molecule has 2 aromatic carbocycles. The number of hydrogen-bond donors (Lipinski definition) is 1. The summed E-state index contributed by atoms with van der Waals surface area (Å²) in [6.45, 7) is 4.85. The first-order chi connectivity index (χ1) is 9.67. The van der Waals surface area contributed by atoms with Crippen LogP contribution < -0.4 is 10.6 Å². The average molecular weight is 286 g/mol. The fraction of sp³-hybridized carbons (Fsp3) is 0.294. The SMILES string of the molecule is CCSc1cccc(N(C)c2cccc(C)c2)c1CN. The minimum absolute atomic E-state index is 0.564. The standard InChI is InChI=1S/C17H22N2S/c1-4-20-17-10-6-9-16(15(17)12-18)19(3)14-8-5-7-13(2)11-14/h5-11H,4,12,18H2,1-3H3. The molecule has 2 nitrogen and oxygen atoms in total. The molecule has 2 rings (SSSR count). The lowest BCUT2D eigenvalue weighted by Crippen LogP contribution is -2.14. The minimum Gasteiger partial charge on any atom is -0.344 e. The number of rotatable bonds is 5. The van der Waals surface area contributed by atoms with E-state index in [4.69, 9.17) is 5.73 Å². The molecule has 0 aliphatic carbocycles. The topological polar surface area (TPSA) is 29.3 Å². The maximum absolute atomic E-state index is 5.99. The van der Waals surface area contributed by atoms with Gasteiger partial charge in [-0.3, -0.25) is 0 Å². The third-order valence-corrected chi connectivity index (χ3v) is 4.34. The van der Waals surface area contributed by atoms with E-state index in [0.717, 1.165) is 5.75 Å². The Morgan fingerprint density at radius 1 is 1.15 bits per heavy atom. The third-order valence-electron chi connectivity index (χ3n) is 3.36. The van der Waals surface area contributed by atoms with Crippen LogP contribution in [-0.4, -0.2) is 12.8 Å². The van der Waals surface area contributed by atoms with Gasteiger partial charge in [0.2, 0.25) is 0 Å². The van der Waals surface area contributed by atoms with E-state index in [1.165, 1.54) is 27.4 Å². The predicted octanol–water partition coefficient (Wildman–Crippen LogP) is 4.33. The van der Waals surface area contributed by atoms with Crippen molar-refractivity contribution in [3.05, 3.63) is 53.6 Å². The summed E-state index contributed by atoms with van der Waals surface area (Å²) in [7, 11) is 2.10. The molecule has 0 saturated heterocycles. The maximum atomic E-state index is 5.99. The molecule has 0 heterocycles. The molecule has 0 aromatic heterocycles. The Bertz CT molecular complexity index is 581. The molecule has 0 saturated carbocycles. The van der Waals surface area contributed by atoms with Crippen LogP contribution in [0.4, 0.5) is 11.4 Å². The van der Waals surface area contributed by atoms with E-state index in [-0.39, 0.29) is 0 Å². The normalized spacial score (nSPS) is 10.6. The summed E-state index contributed by atoms with van der Waals surface area (Å²) in [6, 6.07) is 14.9. The van der Waals surface area contributed by atoms with Gasteiger partial charge in [0.1, 0.15) is 0 Å². The van der Waals surface area contributed by atoms with Crippen LogP contribution in [-0.2, 0) is 6.54 Å². The van der Waals surface area contributed by atoms with Crippen molar-refractivity contribution in [2.75, 3.05) is 17.7 Å². The van der Waals surface area contributed by atoms with Crippen molar-refractivity contribution in [3.8, 4) is 0 Å². The van der Waals surface area contributed by atoms with Crippen LogP contribution >= 0.6 is 11.8 Å². The Labute approximate surface area is 126 Å². The number of anilines is 2. The van der Waals surface area contributed by atoms with E-state index in [1.807, 2.05) is 11.8 Å². The zero-order valence-corrected chi connectivity index (χ0v) is 13.2. The Kier molecular flexibility index (Phi) is 5.10. The van der Waals surface area contributed by atoms with Gasteiger partial charge in [0.15, 0.2) is 0 Å². The van der Waals surface area contributed by atoms with Gasteiger partial charge in [-0.05, 0) is 42.5 Å². The molecule has 2 N–H and O–H groups in total. The quantitative estimate of drug-likeness (QED) is 0.829. The summed E-state index contributed by atoms with van der Waals surface area (Å²) in [4.78, 5) is 3.50. The molecule has 0 unspecified atom stereocenters. The van der Waals surface area contributed by atoms with Crippen LogP contribution in [0.1, 0.15) is 18.1 Å². The number of benzene rings is 2. The molecule has 3 heteroatoms. The van der Waals surface area contributed by atoms with Crippen molar-refractivity contribution in [1.82, 2.24) is 0 Å². The predicted molar refractivity (Wildman–Crippen MR) is 90.0 cm³/mol. The monoisotopic (exact) mass is 286 g/mol. The highest BCUT2D eigenvalue weighted by Crippen LogP contribution is 2.33. The van der Waals surface area contributed by atoms with Gasteiger partial charge in [-0.15, -0.1) is 11.8 Å². The lowest BCUT2D eigenvalue weighted by atomic mass is 10.1. The molecule has 0 radical (unpaired) electrons. The highest BCUT2D eigenvalue weighted by molar-refractivity contribution is 7.99. The lowest BCUT2D eigenvalue weighted by molar-refractivity contribution is 1.01. The molecule has 0 aliphatic rings. The third kappa shape index (κ3) is 3.17. The summed E-state index contributed by atoms with van der Waals surface area (Å²) in [5, 5.41) is 0. The van der Waals surface area contributed by atoms with Crippen molar-refractivity contribution in [3.63, 3.8) is 0 Å². The molecule has 0 aliphatic heterocycles. The van der Waals surface area contributed by atoms with Crippen LogP contribution in [0.25, 0.3) is 0 Å². The first-order valence-electron chi connectivity index (χ1n) is 6.92. The zero-order valence-electron chi connectivity index (χ0n) is 12.4. The highest BCUT2D eigenvalue weighted by atomic mass is 32.2. The van der Waals surface area contributed by atoms with E-state index in [0.29, 0.717) is 6.54 Å². The summed E-state index contributed by atoms with van der Waals surface area (Å²) in [6.07, 6.45) is 0. The Balaban J connectivity index is 2.43. The molecular formula is C17H22N2S. The summed E-state index contributed by atoms with van der Waals surface area (Å²) < 4.78 is 0. The lowest BCUT2D eigenvalue weighted by Gasteiger charge is -2.24. The second-order valence-corrected chi connectivity index (χ2v) is 6.09. The van der Waals surface area contributed by atoms with Crippen LogP contribution in [0, 0.1) is 6.92 Å². The van der Waals surface area contributed by atoms with Gasteiger partial charge in [-0.2, -0.15) is 0 Å². The van der Waals surface area contributed by atoms with Crippen LogP contribution in [0.3, 0.4) is 0 Å². The van der Waals surface area contributed by atoms with Gasteiger partial charge in [0, 0.05) is 35.4 Å². The smallest absolute Gasteiger partial charge is 0.0464 e. The van der Waals surface area contributed by atoms with E-state index in [1.54, 1.807) is 0 Å². The maximum Gasteiger partial charge on any atom is 0.0464 e. The van der Waals surface area contributed by atoms with Crippen LogP contribution in [0.2, 0.25) is 0 Å². The number of nitrogens with two attached hydrogens (primary N) is 1. The second-order valence-electron chi connectivity index (χ2n) is 4.79. The fourth-order valence-corrected chi connectivity index (χ4v) is 3.19. The van der Waals surface area contributed by atoms with Gasteiger partial charge >= 0.3 is 0 Å². The molecule has 0 spiro atoms. The molecule has 0 bridgehead atoms. The van der Waals surface area contributed by atoms with Gasteiger partial charge in [0.05, 0.1) is 0 Å². The molecule has 2 aromatic rings. The Hall–Kier alpha value is -1.45. The van der Waals surface area contributed by atoms with Crippen molar-refractivity contribution in [1.29, 1.82) is 0 Å². The molecule has 0 atom stereocenters. The summed E-state index contributed by atoms with van der Waals surface area (Å²) in [5.74, 6) is 1.06. The Morgan fingerprint density at radius 3 is 2.55 bits per heavy atom. The van der Waals surface area contributed by atoms with Crippen LogP contribution in [0.5, 0.6) is 0 Å².